The van der Waals surface area contributed by atoms with Gasteiger partial charge in [0.2, 0.25) is 0 Å². The predicted molar refractivity (Wildman–Crippen MR) is 142 cm³/mol. The Morgan fingerprint density at radius 2 is 1.47 bits per heavy atom. The molecular weight excluding hydrogens is 426 g/mol. The lowest BCUT2D eigenvalue weighted by Gasteiger charge is -2.35. The van der Waals surface area contributed by atoms with E-state index >= 15 is 0 Å². The zero-order valence-corrected chi connectivity index (χ0v) is 23.1. The van der Waals surface area contributed by atoms with Crippen LogP contribution in [0.3, 0.4) is 0 Å². The molecule has 1 rings (SSSR count). The molecule has 1 aliphatic rings. The van der Waals surface area contributed by atoms with Crippen molar-refractivity contribution in [1.82, 2.24) is 0 Å². The Balaban J connectivity index is 2.23. The molecule has 0 fully saturated rings. The molecule has 8 unspecified atom stereocenters. The molecule has 0 aliphatic heterocycles. The lowest BCUT2D eigenvalue weighted by molar-refractivity contribution is -0.141. The van der Waals surface area contributed by atoms with Gasteiger partial charge in [-0.25, -0.2) is 0 Å². The highest BCUT2D eigenvalue weighted by atomic mass is 16.4. The van der Waals surface area contributed by atoms with Gasteiger partial charge in [-0.3, -0.25) is 4.79 Å². The fourth-order valence-corrected chi connectivity index (χ4v) is 5.45. The maximum atomic E-state index is 11.2. The van der Waals surface area contributed by atoms with Gasteiger partial charge >= 0.3 is 5.97 Å². The number of nitroso groups, excluding NO2 is 1. The Labute approximate surface area is 209 Å². The van der Waals surface area contributed by atoms with Gasteiger partial charge in [0, 0.05) is 0 Å². The van der Waals surface area contributed by atoms with E-state index in [9.17, 15) is 14.8 Å². The third kappa shape index (κ3) is 11.0. The van der Waals surface area contributed by atoms with Gasteiger partial charge in [0.25, 0.3) is 0 Å². The number of aliphatic hydroxyl groups is 1. The molecule has 198 valence electrons. The summed E-state index contributed by atoms with van der Waals surface area (Å²) in [5.74, 6) is 1.64. The van der Waals surface area contributed by atoms with E-state index in [0.29, 0.717) is 42.4 Å². The topological polar surface area (TPSA) is 87.0 Å². The van der Waals surface area contributed by atoms with Crippen LogP contribution in [0.25, 0.3) is 0 Å². The van der Waals surface area contributed by atoms with Crippen LogP contribution in [0, 0.1) is 40.4 Å². The quantitative estimate of drug-likeness (QED) is 0.163. The summed E-state index contributed by atoms with van der Waals surface area (Å²) in [6, 6.07) is -0.161. The summed E-state index contributed by atoms with van der Waals surface area (Å²) in [4.78, 5) is 22.1. The number of nitrogens with zero attached hydrogens (tertiary/aromatic N) is 1. The average molecular weight is 480 g/mol. The minimum absolute atomic E-state index is 0.161. The Bertz CT molecular complexity index is 644. The third-order valence-electron chi connectivity index (χ3n) is 8.75. The first-order chi connectivity index (χ1) is 15.9. The van der Waals surface area contributed by atoms with E-state index in [2.05, 4.69) is 45.9 Å². The number of hydrogen-bond donors (Lipinski definition) is 2. The second-order valence-corrected chi connectivity index (χ2v) is 12.0. The number of carboxylic acid groups (broad SMARTS) is 1. The monoisotopic (exact) mass is 479 g/mol. The van der Waals surface area contributed by atoms with E-state index < -0.39 is 11.6 Å². The van der Waals surface area contributed by atoms with Crippen LogP contribution in [0.2, 0.25) is 0 Å². The molecule has 0 aromatic rings. The summed E-state index contributed by atoms with van der Waals surface area (Å²) in [6.45, 7) is 15.0. The Morgan fingerprint density at radius 1 is 0.941 bits per heavy atom. The number of carboxylic acids is 1. The molecule has 2 N–H and O–H groups in total. The number of rotatable bonds is 17. The van der Waals surface area contributed by atoms with Crippen molar-refractivity contribution in [2.75, 3.05) is 0 Å². The van der Waals surface area contributed by atoms with E-state index in [4.69, 9.17) is 5.11 Å². The standard InChI is InChI=1S/C29H53NO4/c1-20(13-9-17-29(7,33)18-10-14-22(3)28(31)32)11-8-12-21(2)15-16-26-19-27(30-34)25(6)23(4)24(26)5/h19-25,27,33H,8-18H2,1-7H3,(H,31,32). The fourth-order valence-electron chi connectivity index (χ4n) is 5.45. The molecule has 8 atom stereocenters. The Hall–Kier alpha value is -1.23. The zero-order chi connectivity index (χ0) is 25.9. The fraction of sp³-hybridized carbons (Fsp3) is 0.897. The zero-order valence-electron chi connectivity index (χ0n) is 23.1. The first kappa shape index (κ1) is 30.8. The van der Waals surface area contributed by atoms with Crippen molar-refractivity contribution in [3.63, 3.8) is 0 Å². The van der Waals surface area contributed by atoms with Crippen LogP contribution in [0.15, 0.2) is 16.8 Å². The molecule has 5 nitrogen and oxygen atoms in total. The highest BCUT2D eigenvalue weighted by Gasteiger charge is 2.33. The maximum absolute atomic E-state index is 11.2. The first-order valence-corrected chi connectivity index (χ1v) is 13.9. The van der Waals surface area contributed by atoms with Crippen LogP contribution in [0.4, 0.5) is 0 Å². The van der Waals surface area contributed by atoms with E-state index in [-0.39, 0.29) is 12.0 Å². The molecule has 1 aliphatic carbocycles. The SMILES string of the molecule is CC(CCCC(C)CCC1=CC(N=O)C(C)C(C)C1C)CCCC(C)(O)CCCC(C)C(=O)O. The third-order valence-corrected chi connectivity index (χ3v) is 8.75. The van der Waals surface area contributed by atoms with Crippen molar-refractivity contribution in [2.24, 2.45) is 40.7 Å². The summed E-state index contributed by atoms with van der Waals surface area (Å²) in [7, 11) is 0. The number of allylic oxidation sites excluding steroid dienone is 1. The van der Waals surface area contributed by atoms with Gasteiger partial charge in [0.05, 0.1) is 11.5 Å². The smallest absolute Gasteiger partial charge is 0.306 e. The van der Waals surface area contributed by atoms with Crippen molar-refractivity contribution in [3.8, 4) is 0 Å². The maximum Gasteiger partial charge on any atom is 0.306 e. The van der Waals surface area contributed by atoms with Crippen molar-refractivity contribution >= 4 is 5.97 Å². The lowest BCUT2D eigenvalue weighted by atomic mass is 9.71. The van der Waals surface area contributed by atoms with Crippen LogP contribution in [0.5, 0.6) is 0 Å². The molecule has 0 saturated heterocycles. The molecular formula is C29H53NO4. The largest absolute Gasteiger partial charge is 0.481 e. The molecule has 0 aromatic heterocycles. The second kappa shape index (κ2) is 15.0. The summed E-state index contributed by atoms with van der Waals surface area (Å²) >= 11 is 0. The Morgan fingerprint density at radius 3 is 2.03 bits per heavy atom. The minimum atomic E-state index is -0.753. The van der Waals surface area contributed by atoms with Crippen LogP contribution in [0.1, 0.15) is 119 Å². The lowest BCUT2D eigenvalue weighted by Crippen LogP contribution is -2.31. The van der Waals surface area contributed by atoms with Crippen molar-refractivity contribution in [3.05, 3.63) is 16.6 Å². The van der Waals surface area contributed by atoms with E-state index in [1.807, 2.05) is 6.92 Å². The summed E-state index contributed by atoms with van der Waals surface area (Å²) in [5, 5.41) is 22.9. The van der Waals surface area contributed by atoms with Gasteiger partial charge in [0.1, 0.15) is 6.04 Å². The van der Waals surface area contributed by atoms with Gasteiger partial charge in [-0.05, 0) is 75.0 Å². The summed E-state index contributed by atoms with van der Waals surface area (Å²) in [6.07, 6.45) is 13.1. The second-order valence-electron chi connectivity index (χ2n) is 12.0. The summed E-state index contributed by atoms with van der Waals surface area (Å²) < 4.78 is 0. The summed E-state index contributed by atoms with van der Waals surface area (Å²) in [5.41, 5.74) is 0.741. The Kier molecular flexibility index (Phi) is 13.6. The highest BCUT2D eigenvalue weighted by Crippen LogP contribution is 2.38. The van der Waals surface area contributed by atoms with Crippen molar-refractivity contribution < 1.29 is 15.0 Å². The number of aliphatic carboxylic acids is 1. The first-order valence-electron chi connectivity index (χ1n) is 13.9. The highest BCUT2D eigenvalue weighted by molar-refractivity contribution is 5.69. The minimum Gasteiger partial charge on any atom is -0.481 e. The van der Waals surface area contributed by atoms with E-state index in [0.717, 1.165) is 32.1 Å². The molecule has 0 radical (unpaired) electrons. The van der Waals surface area contributed by atoms with Gasteiger partial charge in [0.15, 0.2) is 0 Å². The van der Waals surface area contributed by atoms with Crippen LogP contribution in [-0.2, 0) is 4.79 Å². The molecule has 0 heterocycles. The molecule has 5 heteroatoms. The molecule has 34 heavy (non-hydrogen) atoms. The molecule has 0 spiro atoms. The molecule has 0 bridgehead atoms. The number of carbonyl (C=O) groups is 1. The van der Waals surface area contributed by atoms with Crippen LogP contribution in [-0.4, -0.2) is 27.8 Å². The molecule has 0 saturated carbocycles. The van der Waals surface area contributed by atoms with Gasteiger partial charge in [-0.15, -0.1) is 0 Å². The average Bonchev–Trinajstić information content (AvgIpc) is 2.76. The number of hydrogen-bond acceptors (Lipinski definition) is 4. The molecule has 0 amide bonds. The van der Waals surface area contributed by atoms with Crippen molar-refractivity contribution in [1.29, 1.82) is 0 Å². The predicted octanol–water partition coefficient (Wildman–Crippen LogP) is 8.00. The van der Waals surface area contributed by atoms with Gasteiger partial charge in [-0.1, -0.05) is 90.5 Å². The van der Waals surface area contributed by atoms with Crippen LogP contribution < -0.4 is 0 Å². The van der Waals surface area contributed by atoms with E-state index in [1.165, 1.54) is 31.3 Å². The van der Waals surface area contributed by atoms with Crippen LogP contribution >= 0.6 is 0 Å². The van der Waals surface area contributed by atoms with Gasteiger partial charge in [-0.2, -0.15) is 4.91 Å². The van der Waals surface area contributed by atoms with Gasteiger partial charge < -0.3 is 10.2 Å². The molecule has 0 aromatic carbocycles. The van der Waals surface area contributed by atoms with Crippen molar-refractivity contribution in [2.45, 2.75) is 131 Å². The normalized spacial score (nSPS) is 27.4. The van der Waals surface area contributed by atoms with E-state index in [1.54, 1.807) is 6.92 Å².